The minimum absolute atomic E-state index is 0.103. The first-order chi connectivity index (χ1) is 21.9. The Morgan fingerprint density at radius 3 is 2.18 bits per heavy atom. The number of nitrogens with zero attached hydrogens (tertiary/aromatic N) is 4. The summed E-state index contributed by atoms with van der Waals surface area (Å²) in [5.41, 5.74) is 4.79. The van der Waals surface area contributed by atoms with Crippen molar-refractivity contribution in [1.82, 2.24) is 14.7 Å². The highest BCUT2D eigenvalue weighted by Crippen LogP contribution is 2.32. The number of carbonyl (C=O) groups excluding carboxylic acids is 2. The lowest BCUT2D eigenvalue weighted by atomic mass is 9.93. The average molecular weight is 595 g/mol. The van der Waals surface area contributed by atoms with E-state index >= 15 is 0 Å². The van der Waals surface area contributed by atoms with Crippen molar-refractivity contribution in [1.29, 1.82) is 5.26 Å². The standard InChI is InChI=1S/C37H27FN4O3/c1-25-33(36(43)41(37(44)34(25)21-39)22-26-12-16-30(38)17-13-26)20-29-23-42(31-10-6-3-7-11-31)40-35(29)28-14-18-32(19-15-28)45-24-27-8-4-2-5-9-27/h2-20,23H,22,24H2,1H3/b33-20+. The van der Waals surface area contributed by atoms with Gasteiger partial charge in [0.15, 0.2) is 0 Å². The second kappa shape index (κ2) is 12.7. The first-order valence-electron chi connectivity index (χ1n) is 14.3. The summed E-state index contributed by atoms with van der Waals surface area (Å²) in [6, 6.07) is 34.5. The van der Waals surface area contributed by atoms with E-state index in [-0.39, 0.29) is 23.3 Å². The van der Waals surface area contributed by atoms with Crippen LogP contribution in [0, 0.1) is 17.1 Å². The van der Waals surface area contributed by atoms with Gasteiger partial charge in [-0.3, -0.25) is 14.5 Å². The quantitative estimate of drug-likeness (QED) is 0.142. The maximum atomic E-state index is 13.8. The van der Waals surface area contributed by atoms with Crippen LogP contribution in [0.4, 0.5) is 4.39 Å². The van der Waals surface area contributed by atoms with Crippen molar-refractivity contribution >= 4 is 17.9 Å². The molecule has 1 aliphatic heterocycles. The van der Waals surface area contributed by atoms with Gasteiger partial charge in [-0.15, -0.1) is 0 Å². The lowest BCUT2D eigenvalue weighted by Gasteiger charge is -2.27. The Balaban J connectivity index is 1.38. The lowest BCUT2D eigenvalue weighted by molar-refractivity contribution is -0.141. The molecule has 0 fully saturated rings. The molecule has 0 saturated carbocycles. The van der Waals surface area contributed by atoms with Gasteiger partial charge in [-0.25, -0.2) is 9.07 Å². The highest BCUT2D eigenvalue weighted by molar-refractivity contribution is 6.19. The number of hydrogen-bond acceptors (Lipinski definition) is 5. The Hall–Kier alpha value is -6.07. The van der Waals surface area contributed by atoms with Gasteiger partial charge in [0, 0.05) is 22.9 Å². The van der Waals surface area contributed by atoms with E-state index in [0.717, 1.165) is 21.7 Å². The lowest BCUT2D eigenvalue weighted by Crippen LogP contribution is -2.42. The van der Waals surface area contributed by atoms with Gasteiger partial charge in [-0.1, -0.05) is 60.7 Å². The van der Waals surface area contributed by atoms with E-state index < -0.39 is 17.6 Å². The number of para-hydroxylation sites is 1. The fraction of sp³-hybridized carbons (Fsp3) is 0.0811. The van der Waals surface area contributed by atoms with E-state index in [1.165, 1.54) is 24.3 Å². The first kappa shape index (κ1) is 29.0. The molecule has 2 amide bonds. The summed E-state index contributed by atoms with van der Waals surface area (Å²) in [7, 11) is 0. The van der Waals surface area contributed by atoms with Crippen LogP contribution < -0.4 is 4.74 Å². The summed E-state index contributed by atoms with van der Waals surface area (Å²) >= 11 is 0. The molecule has 8 heteroatoms. The van der Waals surface area contributed by atoms with Gasteiger partial charge in [0.05, 0.1) is 17.9 Å². The minimum atomic E-state index is -0.687. The van der Waals surface area contributed by atoms with Crippen LogP contribution in [0.1, 0.15) is 23.6 Å². The van der Waals surface area contributed by atoms with Crippen molar-refractivity contribution in [3.8, 4) is 28.8 Å². The van der Waals surface area contributed by atoms with E-state index in [9.17, 15) is 19.2 Å². The van der Waals surface area contributed by atoms with Crippen LogP contribution in [0.2, 0.25) is 0 Å². The Kier molecular flexibility index (Phi) is 8.16. The molecule has 7 nitrogen and oxygen atoms in total. The molecule has 0 unspecified atom stereocenters. The maximum Gasteiger partial charge on any atom is 0.271 e. The van der Waals surface area contributed by atoms with Gasteiger partial charge in [-0.2, -0.15) is 10.4 Å². The third-order valence-corrected chi connectivity index (χ3v) is 7.52. The second-order valence-electron chi connectivity index (χ2n) is 10.5. The predicted octanol–water partition coefficient (Wildman–Crippen LogP) is 7.05. The monoisotopic (exact) mass is 594 g/mol. The van der Waals surface area contributed by atoms with Crippen molar-refractivity contribution in [2.75, 3.05) is 0 Å². The summed E-state index contributed by atoms with van der Waals surface area (Å²) in [6.45, 7) is 1.92. The van der Waals surface area contributed by atoms with Gasteiger partial charge in [-0.05, 0) is 78.2 Å². The molecule has 2 heterocycles. The molecule has 1 aliphatic rings. The zero-order valence-corrected chi connectivity index (χ0v) is 24.4. The van der Waals surface area contributed by atoms with Crippen molar-refractivity contribution in [2.45, 2.75) is 20.1 Å². The Bertz CT molecular complexity index is 1970. The van der Waals surface area contributed by atoms with Gasteiger partial charge in [0.1, 0.15) is 29.8 Å². The molecule has 6 rings (SSSR count). The van der Waals surface area contributed by atoms with E-state index in [4.69, 9.17) is 9.84 Å². The van der Waals surface area contributed by atoms with Gasteiger partial charge >= 0.3 is 0 Å². The van der Waals surface area contributed by atoms with E-state index in [2.05, 4.69) is 0 Å². The van der Waals surface area contributed by atoms with Crippen LogP contribution in [0.3, 0.4) is 0 Å². The number of benzene rings is 4. The summed E-state index contributed by atoms with van der Waals surface area (Å²) in [6.07, 6.45) is 3.48. The fourth-order valence-corrected chi connectivity index (χ4v) is 5.08. The topological polar surface area (TPSA) is 88.2 Å². The predicted molar refractivity (Wildman–Crippen MR) is 168 cm³/mol. The average Bonchev–Trinajstić information content (AvgIpc) is 3.50. The zero-order valence-electron chi connectivity index (χ0n) is 24.4. The largest absolute Gasteiger partial charge is 0.489 e. The van der Waals surface area contributed by atoms with Crippen LogP contribution in [-0.2, 0) is 22.7 Å². The third-order valence-electron chi connectivity index (χ3n) is 7.52. The van der Waals surface area contributed by atoms with Crippen LogP contribution in [0.15, 0.2) is 132 Å². The zero-order chi connectivity index (χ0) is 31.3. The molecule has 0 aliphatic carbocycles. The molecule has 5 aromatic rings. The summed E-state index contributed by atoms with van der Waals surface area (Å²) < 4.78 is 21.2. The Morgan fingerprint density at radius 2 is 1.51 bits per heavy atom. The molecule has 45 heavy (non-hydrogen) atoms. The number of halogens is 1. The smallest absolute Gasteiger partial charge is 0.271 e. The highest BCUT2D eigenvalue weighted by Gasteiger charge is 2.35. The molecular weight excluding hydrogens is 567 g/mol. The Morgan fingerprint density at radius 1 is 0.844 bits per heavy atom. The molecular formula is C37H27FN4O3. The molecule has 4 aromatic carbocycles. The van der Waals surface area contributed by atoms with Gasteiger partial charge in [0.25, 0.3) is 11.8 Å². The number of amides is 2. The molecule has 0 bridgehead atoms. The molecule has 220 valence electrons. The first-order valence-corrected chi connectivity index (χ1v) is 14.3. The number of imide groups is 1. The number of aromatic nitrogens is 2. The van der Waals surface area contributed by atoms with Gasteiger partial charge in [0.2, 0.25) is 0 Å². The van der Waals surface area contributed by atoms with E-state index in [1.54, 1.807) is 17.7 Å². The number of rotatable bonds is 8. The van der Waals surface area contributed by atoms with E-state index in [0.29, 0.717) is 29.2 Å². The molecule has 0 radical (unpaired) electrons. The van der Waals surface area contributed by atoms with Crippen LogP contribution in [0.25, 0.3) is 23.0 Å². The van der Waals surface area contributed by atoms with Crippen molar-refractivity contribution in [2.24, 2.45) is 0 Å². The molecule has 0 saturated heterocycles. The van der Waals surface area contributed by atoms with Crippen molar-refractivity contribution in [3.63, 3.8) is 0 Å². The fourth-order valence-electron chi connectivity index (χ4n) is 5.08. The number of nitriles is 1. The maximum absolute atomic E-state index is 13.8. The SMILES string of the molecule is CC1=C(C#N)C(=O)N(Cc2ccc(F)cc2)C(=O)/C1=C/c1cn(-c2ccccc2)nc1-c1ccc(OCc2ccccc2)cc1. The minimum Gasteiger partial charge on any atom is -0.489 e. The summed E-state index contributed by atoms with van der Waals surface area (Å²) in [5, 5.41) is 14.7. The third kappa shape index (κ3) is 6.19. The van der Waals surface area contributed by atoms with E-state index in [1.807, 2.05) is 97.2 Å². The normalized spacial score (nSPS) is 14.2. The number of ether oxygens (including phenoxy) is 1. The molecule has 0 atom stereocenters. The number of carbonyl (C=O) groups is 2. The van der Waals surface area contributed by atoms with Crippen LogP contribution in [0.5, 0.6) is 5.75 Å². The summed E-state index contributed by atoms with van der Waals surface area (Å²) in [4.78, 5) is 28.0. The highest BCUT2D eigenvalue weighted by atomic mass is 19.1. The molecule has 1 aromatic heterocycles. The van der Waals surface area contributed by atoms with Crippen LogP contribution >= 0.6 is 0 Å². The molecule has 0 N–H and O–H groups in total. The second-order valence-corrected chi connectivity index (χ2v) is 10.5. The van der Waals surface area contributed by atoms with Crippen molar-refractivity contribution < 1.29 is 18.7 Å². The summed E-state index contributed by atoms with van der Waals surface area (Å²) in [5.74, 6) is -0.973. The Labute approximate surface area is 259 Å². The van der Waals surface area contributed by atoms with Crippen molar-refractivity contribution in [3.05, 3.63) is 155 Å². The van der Waals surface area contributed by atoms with Gasteiger partial charge < -0.3 is 4.74 Å². The number of hydrogen-bond donors (Lipinski definition) is 0. The molecule has 0 spiro atoms. The van der Waals surface area contributed by atoms with Crippen LogP contribution in [-0.4, -0.2) is 26.5 Å².